The number of hydrogen-bond donors (Lipinski definition) is 1. The maximum Gasteiger partial charge on any atom is 0.375 e. The highest BCUT2D eigenvalue weighted by Gasteiger charge is 2.25. The van der Waals surface area contributed by atoms with Crippen molar-refractivity contribution in [2.45, 2.75) is 20.0 Å². The summed E-state index contributed by atoms with van der Waals surface area (Å²) >= 11 is 0. The van der Waals surface area contributed by atoms with Gasteiger partial charge in [0.05, 0.1) is 11.4 Å². The summed E-state index contributed by atoms with van der Waals surface area (Å²) in [7, 11) is 1.73. The van der Waals surface area contributed by atoms with Crippen molar-refractivity contribution in [3.05, 3.63) is 82.5 Å². The van der Waals surface area contributed by atoms with Crippen LogP contribution in [0.4, 0.5) is 5.69 Å². The van der Waals surface area contributed by atoms with Gasteiger partial charge >= 0.3 is 5.97 Å². The molecule has 0 saturated heterocycles. The lowest BCUT2D eigenvalue weighted by molar-refractivity contribution is -0.123. The minimum absolute atomic E-state index is 0.00294. The van der Waals surface area contributed by atoms with E-state index in [1.165, 1.54) is 11.6 Å². The molecule has 8 heteroatoms. The smallest absolute Gasteiger partial charge is 0.375 e. The number of furan rings is 1. The number of fused-ring (bicyclic) bond motifs is 1. The maximum atomic E-state index is 12.9. The number of nitrogens with one attached hydrogen (secondary N) is 1. The van der Waals surface area contributed by atoms with Gasteiger partial charge in [0.1, 0.15) is 11.3 Å². The summed E-state index contributed by atoms with van der Waals surface area (Å²) in [4.78, 5) is 37.9. The van der Waals surface area contributed by atoms with E-state index < -0.39 is 18.0 Å². The third-order valence-electron chi connectivity index (χ3n) is 5.08. The number of nitrogens with zero attached hydrogens (tertiary/aromatic N) is 2. The molecule has 1 amide bonds. The number of anilines is 1. The Morgan fingerprint density at radius 1 is 1.06 bits per heavy atom. The van der Waals surface area contributed by atoms with Crippen molar-refractivity contribution in [1.82, 2.24) is 9.36 Å². The molecule has 2 heterocycles. The van der Waals surface area contributed by atoms with Crippen molar-refractivity contribution in [2.75, 3.05) is 5.32 Å². The van der Waals surface area contributed by atoms with Crippen molar-refractivity contribution in [3.63, 3.8) is 0 Å². The van der Waals surface area contributed by atoms with Crippen molar-refractivity contribution in [1.29, 1.82) is 0 Å². The molecule has 2 aromatic heterocycles. The van der Waals surface area contributed by atoms with E-state index in [0.29, 0.717) is 17.0 Å². The zero-order chi connectivity index (χ0) is 22.1. The number of carbonyl (C=O) groups excluding carboxylic acids is 2. The molecule has 0 aliphatic heterocycles. The molecule has 31 heavy (non-hydrogen) atoms. The van der Waals surface area contributed by atoms with E-state index in [9.17, 15) is 14.4 Å². The lowest BCUT2D eigenvalue weighted by atomic mass is 10.2. The Labute approximate surface area is 177 Å². The van der Waals surface area contributed by atoms with Crippen LogP contribution in [0.15, 0.2) is 69.9 Å². The fourth-order valence-electron chi connectivity index (χ4n) is 3.29. The van der Waals surface area contributed by atoms with Crippen molar-refractivity contribution < 1.29 is 18.7 Å². The average Bonchev–Trinajstić information content (AvgIpc) is 3.29. The summed E-state index contributed by atoms with van der Waals surface area (Å²) in [5.74, 6) is -1.37. The summed E-state index contributed by atoms with van der Waals surface area (Å²) < 4.78 is 13.8. The van der Waals surface area contributed by atoms with Crippen LogP contribution in [0.2, 0.25) is 0 Å². The molecule has 0 aliphatic rings. The van der Waals surface area contributed by atoms with E-state index in [2.05, 4.69) is 5.32 Å². The number of rotatable bonds is 5. The van der Waals surface area contributed by atoms with E-state index in [-0.39, 0.29) is 17.0 Å². The van der Waals surface area contributed by atoms with Gasteiger partial charge in [-0.25, -0.2) is 9.48 Å². The predicted molar refractivity (Wildman–Crippen MR) is 115 cm³/mol. The predicted octanol–water partition coefficient (Wildman–Crippen LogP) is 3.41. The zero-order valence-electron chi connectivity index (χ0n) is 17.3. The van der Waals surface area contributed by atoms with E-state index in [4.69, 9.17) is 9.15 Å². The summed E-state index contributed by atoms with van der Waals surface area (Å²) in [5, 5.41) is 3.35. The molecule has 1 unspecified atom stereocenters. The Balaban J connectivity index is 1.51. The highest BCUT2D eigenvalue weighted by atomic mass is 16.6. The van der Waals surface area contributed by atoms with Crippen LogP contribution in [0.25, 0.3) is 16.7 Å². The molecule has 1 N–H and O–H groups in total. The van der Waals surface area contributed by atoms with Crippen molar-refractivity contribution in [3.8, 4) is 5.69 Å². The number of esters is 1. The Morgan fingerprint density at radius 3 is 2.45 bits per heavy atom. The van der Waals surface area contributed by atoms with Crippen LogP contribution in [0, 0.1) is 6.92 Å². The molecule has 8 nitrogen and oxygen atoms in total. The van der Waals surface area contributed by atoms with Gasteiger partial charge in [0, 0.05) is 12.4 Å². The molecule has 1 atom stereocenters. The Morgan fingerprint density at radius 2 is 1.74 bits per heavy atom. The fourth-order valence-corrected chi connectivity index (χ4v) is 3.29. The summed E-state index contributed by atoms with van der Waals surface area (Å²) in [6.07, 6.45) is -1.13. The second-order valence-electron chi connectivity index (χ2n) is 7.12. The van der Waals surface area contributed by atoms with Gasteiger partial charge in [-0.1, -0.05) is 36.4 Å². The number of carbonyl (C=O) groups is 2. The molecule has 4 rings (SSSR count). The normalized spacial score (nSPS) is 12.0. The number of ether oxygens (including phenoxy) is 1. The van der Waals surface area contributed by atoms with Crippen LogP contribution in [-0.2, 0) is 16.6 Å². The molecule has 0 aliphatic carbocycles. The van der Waals surface area contributed by atoms with Crippen LogP contribution in [0.3, 0.4) is 0 Å². The SMILES string of the molecule is Cc1c(NC(=O)C(C)OC(=O)c2cc3ccccc3o2)c(=O)n(-c2ccccc2)n1C. The first-order valence-corrected chi connectivity index (χ1v) is 9.71. The Kier molecular flexibility index (Phi) is 5.21. The Hall–Kier alpha value is -4.07. The van der Waals surface area contributed by atoms with Crippen LogP contribution in [0.1, 0.15) is 23.2 Å². The van der Waals surface area contributed by atoms with Gasteiger partial charge in [-0.15, -0.1) is 0 Å². The second-order valence-corrected chi connectivity index (χ2v) is 7.12. The molecule has 0 saturated carbocycles. The molecule has 0 fully saturated rings. The van der Waals surface area contributed by atoms with Gasteiger partial charge < -0.3 is 14.5 Å². The van der Waals surface area contributed by atoms with Crippen molar-refractivity contribution >= 4 is 28.5 Å². The van der Waals surface area contributed by atoms with Gasteiger partial charge in [0.15, 0.2) is 6.10 Å². The van der Waals surface area contributed by atoms with Gasteiger partial charge in [0.2, 0.25) is 5.76 Å². The van der Waals surface area contributed by atoms with Crippen LogP contribution in [-0.4, -0.2) is 27.3 Å². The topological polar surface area (TPSA) is 95.5 Å². The minimum Gasteiger partial charge on any atom is -0.449 e. The fraction of sp³-hybridized carbons (Fsp3) is 0.174. The van der Waals surface area contributed by atoms with Crippen LogP contribution >= 0.6 is 0 Å². The van der Waals surface area contributed by atoms with Gasteiger partial charge in [-0.3, -0.25) is 14.3 Å². The lowest BCUT2D eigenvalue weighted by Gasteiger charge is -2.12. The highest BCUT2D eigenvalue weighted by Crippen LogP contribution is 2.20. The maximum absolute atomic E-state index is 12.9. The number of hydrogen-bond acceptors (Lipinski definition) is 5. The molecular weight excluding hydrogens is 398 g/mol. The highest BCUT2D eigenvalue weighted by molar-refractivity contribution is 5.98. The zero-order valence-corrected chi connectivity index (χ0v) is 17.3. The van der Waals surface area contributed by atoms with Crippen LogP contribution in [0.5, 0.6) is 0 Å². The summed E-state index contributed by atoms with van der Waals surface area (Å²) in [5.41, 5.74) is 1.53. The van der Waals surface area contributed by atoms with E-state index in [0.717, 1.165) is 5.39 Å². The molecular formula is C23H21N3O5. The van der Waals surface area contributed by atoms with Gasteiger partial charge in [-0.05, 0) is 38.1 Å². The molecule has 0 bridgehead atoms. The molecule has 158 valence electrons. The molecule has 0 spiro atoms. The number of benzene rings is 2. The standard InChI is InChI=1S/C23H21N3O5/c1-14-20(22(28)26(25(14)3)17-10-5-4-6-11-17)24-21(27)15(2)30-23(29)19-13-16-9-7-8-12-18(16)31-19/h4-13,15H,1-3H3,(H,24,27). The monoisotopic (exact) mass is 419 g/mol. The average molecular weight is 419 g/mol. The quantitative estimate of drug-likeness (QED) is 0.500. The van der Waals surface area contributed by atoms with E-state index >= 15 is 0 Å². The van der Waals surface area contributed by atoms with Gasteiger partial charge in [0.25, 0.3) is 11.5 Å². The molecule has 4 aromatic rings. The third-order valence-corrected chi connectivity index (χ3v) is 5.08. The largest absolute Gasteiger partial charge is 0.449 e. The summed E-state index contributed by atoms with van der Waals surface area (Å²) in [6.45, 7) is 3.16. The lowest BCUT2D eigenvalue weighted by Crippen LogP contribution is -2.32. The summed E-state index contributed by atoms with van der Waals surface area (Å²) in [6, 6.07) is 17.8. The molecule has 2 aromatic carbocycles. The molecule has 0 radical (unpaired) electrons. The second kappa shape index (κ2) is 7.98. The van der Waals surface area contributed by atoms with Crippen LogP contribution < -0.4 is 10.9 Å². The van der Waals surface area contributed by atoms with Crippen molar-refractivity contribution in [2.24, 2.45) is 7.05 Å². The van der Waals surface area contributed by atoms with E-state index in [1.54, 1.807) is 49.0 Å². The van der Waals surface area contributed by atoms with E-state index in [1.807, 2.05) is 30.3 Å². The van der Waals surface area contributed by atoms with Gasteiger partial charge in [-0.2, -0.15) is 0 Å². The Bertz CT molecular complexity index is 1300. The first-order valence-electron chi connectivity index (χ1n) is 9.71. The first kappa shape index (κ1) is 20.2. The first-order chi connectivity index (χ1) is 14.9. The number of amides is 1. The number of para-hydroxylation sites is 2. The number of aromatic nitrogens is 2. The third kappa shape index (κ3) is 3.75. The minimum atomic E-state index is -1.13.